The molecule has 0 spiro atoms. The number of fused-ring (bicyclic) bond motifs is 2. The molecule has 30 heavy (non-hydrogen) atoms. The Bertz CT molecular complexity index is 1360. The van der Waals surface area contributed by atoms with Crippen molar-refractivity contribution in [2.45, 2.75) is 23.9 Å². The quantitative estimate of drug-likeness (QED) is 0.535. The van der Waals surface area contributed by atoms with Gasteiger partial charge in [-0.15, -0.1) is 0 Å². The molecule has 0 bridgehead atoms. The van der Waals surface area contributed by atoms with Crippen LogP contribution in [0.25, 0.3) is 22.3 Å². The van der Waals surface area contributed by atoms with E-state index in [1.165, 1.54) is 18.4 Å². The average Bonchev–Trinajstić information content (AvgIpc) is 3.39. The summed E-state index contributed by atoms with van der Waals surface area (Å²) in [6, 6.07) is 10.3. The highest BCUT2D eigenvalue weighted by atomic mass is 32.2. The number of hydrogen-bond acceptors (Lipinski definition) is 6. The topological polar surface area (TPSA) is 114 Å². The first kappa shape index (κ1) is 18.6. The Morgan fingerprint density at radius 2 is 1.93 bits per heavy atom. The van der Waals surface area contributed by atoms with E-state index in [0.717, 1.165) is 9.87 Å². The zero-order valence-corrected chi connectivity index (χ0v) is 16.4. The number of aromatic nitrogens is 1. The zero-order chi connectivity index (χ0) is 20.9. The Labute approximate surface area is 171 Å². The molecule has 5 rings (SSSR count). The summed E-state index contributed by atoms with van der Waals surface area (Å²) in [6.45, 7) is -0.132. The van der Waals surface area contributed by atoms with Gasteiger partial charge >= 0.3 is 5.97 Å². The van der Waals surface area contributed by atoms with E-state index in [1.54, 1.807) is 42.7 Å². The second-order valence-electron chi connectivity index (χ2n) is 7.02. The van der Waals surface area contributed by atoms with Crippen molar-refractivity contribution in [3.05, 3.63) is 72.4 Å². The fourth-order valence-corrected chi connectivity index (χ4v) is 5.26. The van der Waals surface area contributed by atoms with Crippen molar-refractivity contribution in [2.75, 3.05) is 0 Å². The van der Waals surface area contributed by atoms with Crippen molar-refractivity contribution in [2.24, 2.45) is 0 Å². The minimum absolute atomic E-state index is 0.00154. The monoisotopic (exact) mass is 424 g/mol. The third-order valence-corrected chi connectivity index (χ3v) is 7.09. The fraction of sp³-hybridized carbons (Fsp3) is 0.143. The fourth-order valence-electron chi connectivity index (χ4n) is 3.69. The number of carbonyl (C=O) groups is 1. The van der Waals surface area contributed by atoms with E-state index in [0.29, 0.717) is 28.1 Å². The molecule has 152 valence electrons. The van der Waals surface area contributed by atoms with Crippen LogP contribution in [0.3, 0.4) is 0 Å². The van der Waals surface area contributed by atoms with E-state index >= 15 is 0 Å². The summed E-state index contributed by atoms with van der Waals surface area (Å²) in [5.74, 6) is -0.154. The van der Waals surface area contributed by atoms with Gasteiger partial charge in [0.25, 0.3) is 0 Å². The summed E-state index contributed by atoms with van der Waals surface area (Å²) in [5, 5.41) is 10.2. The number of aliphatic carboxylic acids is 1. The maximum absolute atomic E-state index is 13.3. The first-order chi connectivity index (χ1) is 14.4. The van der Waals surface area contributed by atoms with Crippen LogP contribution in [0.15, 0.2) is 74.9 Å². The second-order valence-corrected chi connectivity index (χ2v) is 8.91. The molecule has 1 aromatic carbocycles. The SMILES string of the molecule is O=C(O)[C@H]1Cc2ccoc2CN1S(=O)(=O)c1ccc2oc(-c3ccncc3)cc2c1. The molecular formula is C21H16N2O6S. The first-order valence-corrected chi connectivity index (χ1v) is 10.6. The first-order valence-electron chi connectivity index (χ1n) is 9.17. The van der Waals surface area contributed by atoms with E-state index in [2.05, 4.69) is 4.98 Å². The van der Waals surface area contributed by atoms with Crippen LogP contribution in [0.2, 0.25) is 0 Å². The number of rotatable bonds is 4. The van der Waals surface area contributed by atoms with Crippen molar-refractivity contribution < 1.29 is 27.2 Å². The van der Waals surface area contributed by atoms with Gasteiger partial charge in [-0.2, -0.15) is 4.31 Å². The molecule has 1 atom stereocenters. The van der Waals surface area contributed by atoms with Gasteiger partial charge in [-0.05, 0) is 48.0 Å². The predicted octanol–water partition coefficient (Wildman–Crippen LogP) is 3.29. The molecule has 1 N–H and O–H groups in total. The molecule has 0 radical (unpaired) electrons. The van der Waals surface area contributed by atoms with Gasteiger partial charge in [0.1, 0.15) is 23.1 Å². The maximum Gasteiger partial charge on any atom is 0.322 e. The van der Waals surface area contributed by atoms with E-state index in [9.17, 15) is 18.3 Å². The number of benzene rings is 1. The number of sulfonamides is 1. The maximum atomic E-state index is 13.3. The number of carboxylic acid groups (broad SMARTS) is 1. The highest BCUT2D eigenvalue weighted by molar-refractivity contribution is 7.89. The Morgan fingerprint density at radius 1 is 1.13 bits per heavy atom. The van der Waals surface area contributed by atoms with Gasteiger partial charge in [0.15, 0.2) is 0 Å². The minimum Gasteiger partial charge on any atom is -0.480 e. The van der Waals surface area contributed by atoms with Crippen LogP contribution in [0.5, 0.6) is 0 Å². The number of nitrogens with zero attached hydrogens (tertiary/aromatic N) is 2. The van der Waals surface area contributed by atoms with Crippen LogP contribution in [0.4, 0.5) is 0 Å². The Balaban J connectivity index is 1.56. The lowest BCUT2D eigenvalue weighted by molar-refractivity contribution is -0.141. The van der Waals surface area contributed by atoms with Crippen LogP contribution < -0.4 is 0 Å². The summed E-state index contributed by atoms with van der Waals surface area (Å²) in [5.41, 5.74) is 2.06. The average molecular weight is 424 g/mol. The normalized spacial score (nSPS) is 17.1. The second kappa shape index (κ2) is 6.82. The molecule has 4 heterocycles. The molecule has 0 fully saturated rings. The van der Waals surface area contributed by atoms with Gasteiger partial charge in [0, 0.05) is 29.8 Å². The number of pyridine rings is 1. The molecule has 0 saturated heterocycles. The van der Waals surface area contributed by atoms with Gasteiger partial charge in [-0.25, -0.2) is 8.42 Å². The van der Waals surface area contributed by atoms with Gasteiger partial charge in [-0.3, -0.25) is 9.78 Å². The summed E-state index contributed by atoms with van der Waals surface area (Å²) >= 11 is 0. The molecule has 1 aliphatic rings. The number of carboxylic acids is 1. The smallest absolute Gasteiger partial charge is 0.322 e. The number of furan rings is 2. The van der Waals surface area contributed by atoms with Gasteiger partial charge in [-0.1, -0.05) is 0 Å². The third-order valence-electron chi connectivity index (χ3n) is 5.24. The zero-order valence-electron chi connectivity index (χ0n) is 15.6. The molecule has 0 unspecified atom stereocenters. The van der Waals surface area contributed by atoms with E-state index < -0.39 is 22.0 Å². The molecule has 0 amide bonds. The predicted molar refractivity (Wildman–Crippen MR) is 106 cm³/mol. The van der Waals surface area contributed by atoms with Crippen LogP contribution in [-0.2, 0) is 27.8 Å². The molecule has 1 aliphatic heterocycles. The van der Waals surface area contributed by atoms with Crippen molar-refractivity contribution in [3.63, 3.8) is 0 Å². The van der Waals surface area contributed by atoms with Crippen molar-refractivity contribution >= 4 is 27.0 Å². The van der Waals surface area contributed by atoms with Crippen LogP contribution >= 0.6 is 0 Å². The summed E-state index contributed by atoms with van der Waals surface area (Å²) in [4.78, 5) is 15.8. The van der Waals surface area contributed by atoms with Crippen LogP contribution in [0, 0.1) is 0 Å². The number of hydrogen-bond donors (Lipinski definition) is 1. The Kier molecular flexibility index (Phi) is 4.23. The standard InChI is InChI=1S/C21H16N2O6S/c24-21(25)17-10-14-5-8-28-20(14)12-23(17)30(26,27)16-1-2-18-15(9-16)11-19(29-18)13-3-6-22-7-4-13/h1-9,11,17H,10,12H2,(H,24,25)/t17-/m1/s1. The Hall–Kier alpha value is -3.43. The van der Waals surface area contributed by atoms with Crippen molar-refractivity contribution in [1.29, 1.82) is 0 Å². The summed E-state index contributed by atoms with van der Waals surface area (Å²) < 4.78 is 38.8. The van der Waals surface area contributed by atoms with Crippen molar-refractivity contribution in [1.82, 2.24) is 9.29 Å². The van der Waals surface area contributed by atoms with Crippen LogP contribution in [-0.4, -0.2) is 34.8 Å². The Morgan fingerprint density at radius 3 is 2.70 bits per heavy atom. The van der Waals surface area contributed by atoms with Gasteiger partial charge in [0.05, 0.1) is 17.7 Å². The molecule has 3 aromatic heterocycles. The van der Waals surface area contributed by atoms with E-state index in [4.69, 9.17) is 8.83 Å². The largest absolute Gasteiger partial charge is 0.480 e. The molecule has 8 nitrogen and oxygen atoms in total. The third kappa shape index (κ3) is 2.99. The molecule has 0 aliphatic carbocycles. The van der Waals surface area contributed by atoms with E-state index in [1.807, 2.05) is 0 Å². The van der Waals surface area contributed by atoms with Gasteiger partial charge in [0.2, 0.25) is 10.0 Å². The lowest BCUT2D eigenvalue weighted by Crippen LogP contribution is -2.48. The highest BCUT2D eigenvalue weighted by Gasteiger charge is 2.41. The lowest BCUT2D eigenvalue weighted by Gasteiger charge is -2.31. The molecule has 9 heteroatoms. The minimum atomic E-state index is -4.08. The van der Waals surface area contributed by atoms with E-state index in [-0.39, 0.29) is 17.9 Å². The molecule has 4 aromatic rings. The molecular weight excluding hydrogens is 408 g/mol. The lowest BCUT2D eigenvalue weighted by atomic mass is 10.0. The summed E-state index contributed by atoms with van der Waals surface area (Å²) in [6.07, 6.45) is 4.78. The highest BCUT2D eigenvalue weighted by Crippen LogP contribution is 2.33. The van der Waals surface area contributed by atoms with Crippen LogP contribution in [0.1, 0.15) is 11.3 Å². The summed E-state index contributed by atoms with van der Waals surface area (Å²) in [7, 11) is -4.08. The van der Waals surface area contributed by atoms with Gasteiger partial charge < -0.3 is 13.9 Å². The van der Waals surface area contributed by atoms with Crippen molar-refractivity contribution in [3.8, 4) is 11.3 Å². The molecule has 0 saturated carbocycles.